The molecule has 0 fully saturated rings. The zero-order valence-corrected chi connectivity index (χ0v) is 9.64. The molecule has 0 aromatic carbocycles. The van der Waals surface area contributed by atoms with Gasteiger partial charge in [-0.2, -0.15) is 5.10 Å². The first-order valence-corrected chi connectivity index (χ1v) is 5.30. The van der Waals surface area contributed by atoms with Crippen LogP contribution in [-0.4, -0.2) is 40.4 Å². The molecular weight excluding hydrogens is 224 g/mol. The highest BCUT2D eigenvalue weighted by Gasteiger charge is 2.05. The summed E-state index contributed by atoms with van der Waals surface area (Å²) >= 11 is 0. The highest BCUT2D eigenvalue weighted by Crippen LogP contribution is 2.05. The Labute approximate surface area is 98.8 Å². The molecule has 1 amide bonds. The fourth-order valence-corrected chi connectivity index (χ4v) is 1.30. The Bertz CT molecular complexity index is 389. The number of hydrogen-bond donors (Lipinski definition) is 3. The van der Waals surface area contributed by atoms with E-state index in [1.165, 1.54) is 17.1 Å². The summed E-state index contributed by atoms with van der Waals surface area (Å²) in [5, 5.41) is 18.0. The van der Waals surface area contributed by atoms with E-state index in [1.807, 2.05) is 7.05 Å². The topological polar surface area (TPSA) is 96.3 Å². The average Bonchev–Trinajstić information content (AvgIpc) is 2.64. The van der Waals surface area contributed by atoms with Crippen molar-refractivity contribution in [2.75, 3.05) is 18.9 Å². The molecule has 0 atom stereocenters. The second-order valence-corrected chi connectivity index (χ2v) is 3.58. The van der Waals surface area contributed by atoms with E-state index in [1.54, 1.807) is 0 Å². The third kappa shape index (κ3) is 5.12. The highest BCUT2D eigenvalue weighted by atomic mass is 16.4. The Morgan fingerprint density at radius 3 is 2.94 bits per heavy atom. The summed E-state index contributed by atoms with van der Waals surface area (Å²) in [6.07, 6.45) is 4.10. The van der Waals surface area contributed by atoms with E-state index in [0.29, 0.717) is 12.1 Å². The largest absolute Gasteiger partial charge is 0.480 e. The van der Waals surface area contributed by atoms with Gasteiger partial charge in [-0.1, -0.05) is 0 Å². The van der Waals surface area contributed by atoms with Crippen LogP contribution in [0.5, 0.6) is 0 Å². The van der Waals surface area contributed by atoms with Crippen LogP contribution in [0.4, 0.5) is 5.69 Å². The molecule has 0 saturated heterocycles. The van der Waals surface area contributed by atoms with Gasteiger partial charge in [0, 0.05) is 12.6 Å². The van der Waals surface area contributed by atoms with Gasteiger partial charge < -0.3 is 15.7 Å². The van der Waals surface area contributed by atoms with Gasteiger partial charge in [-0.15, -0.1) is 0 Å². The smallest absolute Gasteiger partial charge is 0.325 e. The molecule has 0 unspecified atom stereocenters. The summed E-state index contributed by atoms with van der Waals surface area (Å²) < 4.78 is 1.26. The van der Waals surface area contributed by atoms with Gasteiger partial charge in [0.25, 0.3) is 0 Å². The van der Waals surface area contributed by atoms with E-state index in [4.69, 9.17) is 5.11 Å². The van der Waals surface area contributed by atoms with Crippen LogP contribution >= 0.6 is 0 Å². The third-order valence-electron chi connectivity index (χ3n) is 2.04. The van der Waals surface area contributed by atoms with Crippen LogP contribution in [0.3, 0.4) is 0 Å². The first-order valence-electron chi connectivity index (χ1n) is 5.30. The van der Waals surface area contributed by atoms with Crippen LogP contribution in [-0.2, 0) is 16.1 Å². The first kappa shape index (κ1) is 13.2. The molecule has 1 heterocycles. The predicted octanol–water partition coefficient (Wildman–Crippen LogP) is -0.0942. The number of hydrogen-bond acceptors (Lipinski definition) is 4. The summed E-state index contributed by atoms with van der Waals surface area (Å²) in [6, 6.07) is 0. The lowest BCUT2D eigenvalue weighted by atomic mass is 10.3. The monoisotopic (exact) mass is 240 g/mol. The maximum atomic E-state index is 11.4. The van der Waals surface area contributed by atoms with Crippen molar-refractivity contribution < 1.29 is 14.7 Å². The zero-order chi connectivity index (χ0) is 12.7. The lowest BCUT2D eigenvalue weighted by molar-refractivity contribution is -0.137. The van der Waals surface area contributed by atoms with Crippen LogP contribution in [0.25, 0.3) is 0 Å². The molecule has 7 nitrogen and oxygen atoms in total. The van der Waals surface area contributed by atoms with Crippen LogP contribution in [0.2, 0.25) is 0 Å². The molecule has 1 aromatic heterocycles. The Morgan fingerprint density at radius 2 is 2.29 bits per heavy atom. The Hall–Kier alpha value is -1.89. The van der Waals surface area contributed by atoms with E-state index in [2.05, 4.69) is 15.7 Å². The van der Waals surface area contributed by atoms with E-state index < -0.39 is 5.97 Å². The van der Waals surface area contributed by atoms with Crippen molar-refractivity contribution in [2.24, 2.45) is 0 Å². The molecule has 94 valence electrons. The quantitative estimate of drug-likeness (QED) is 0.579. The van der Waals surface area contributed by atoms with Crippen molar-refractivity contribution in [3.63, 3.8) is 0 Å². The number of amides is 1. The molecule has 0 radical (unpaired) electrons. The Kier molecular flexibility index (Phi) is 5.15. The van der Waals surface area contributed by atoms with Crippen molar-refractivity contribution >= 4 is 17.6 Å². The number of carbonyl (C=O) groups excluding carboxylic acids is 1. The summed E-state index contributed by atoms with van der Waals surface area (Å²) in [5.74, 6) is -1.07. The average molecular weight is 240 g/mol. The lowest BCUT2D eigenvalue weighted by Gasteiger charge is -2.01. The molecule has 0 saturated carbocycles. The van der Waals surface area contributed by atoms with E-state index in [9.17, 15) is 9.59 Å². The van der Waals surface area contributed by atoms with Gasteiger partial charge in [-0.3, -0.25) is 14.3 Å². The van der Waals surface area contributed by atoms with Crippen LogP contribution in [0.15, 0.2) is 12.4 Å². The molecule has 1 rings (SSSR count). The molecule has 7 heteroatoms. The second-order valence-electron chi connectivity index (χ2n) is 3.58. The lowest BCUT2D eigenvalue weighted by Crippen LogP contribution is -2.15. The molecule has 0 aliphatic carbocycles. The van der Waals surface area contributed by atoms with Crippen molar-refractivity contribution in [2.45, 2.75) is 19.4 Å². The van der Waals surface area contributed by atoms with Crippen LogP contribution in [0, 0.1) is 0 Å². The molecule has 0 spiro atoms. The number of nitrogens with zero attached hydrogens (tertiary/aromatic N) is 2. The number of anilines is 1. The summed E-state index contributed by atoms with van der Waals surface area (Å²) in [7, 11) is 1.83. The standard InChI is InChI=1S/C10H16N4O3/c1-11-4-2-3-9(15)13-8-5-12-14(6-8)7-10(16)17/h5-6,11H,2-4,7H2,1H3,(H,13,15)(H,16,17). The minimum Gasteiger partial charge on any atom is -0.480 e. The third-order valence-corrected chi connectivity index (χ3v) is 2.04. The maximum absolute atomic E-state index is 11.4. The number of carbonyl (C=O) groups is 2. The summed E-state index contributed by atoms with van der Waals surface area (Å²) in [5.41, 5.74) is 0.515. The number of carboxylic acid groups (broad SMARTS) is 1. The number of nitrogens with one attached hydrogen (secondary N) is 2. The van der Waals surface area contributed by atoms with E-state index in [0.717, 1.165) is 13.0 Å². The molecule has 1 aromatic rings. The Balaban J connectivity index is 2.38. The van der Waals surface area contributed by atoms with Crippen LogP contribution in [0.1, 0.15) is 12.8 Å². The predicted molar refractivity (Wildman–Crippen MR) is 61.7 cm³/mol. The summed E-state index contributed by atoms with van der Waals surface area (Å²) in [4.78, 5) is 21.8. The molecule has 0 bridgehead atoms. The zero-order valence-electron chi connectivity index (χ0n) is 9.64. The number of carboxylic acids is 1. The first-order chi connectivity index (χ1) is 8.11. The minimum atomic E-state index is -0.972. The fourth-order valence-electron chi connectivity index (χ4n) is 1.30. The normalized spacial score (nSPS) is 10.2. The van der Waals surface area contributed by atoms with Crippen molar-refractivity contribution in [1.82, 2.24) is 15.1 Å². The number of rotatable bonds is 7. The SMILES string of the molecule is CNCCCC(=O)Nc1cnn(CC(=O)O)c1. The van der Waals surface area contributed by atoms with Crippen molar-refractivity contribution in [3.8, 4) is 0 Å². The van der Waals surface area contributed by atoms with Crippen molar-refractivity contribution in [1.29, 1.82) is 0 Å². The Morgan fingerprint density at radius 1 is 1.53 bits per heavy atom. The second kappa shape index (κ2) is 6.64. The van der Waals surface area contributed by atoms with Crippen molar-refractivity contribution in [3.05, 3.63) is 12.4 Å². The van der Waals surface area contributed by atoms with E-state index in [-0.39, 0.29) is 12.5 Å². The fraction of sp³-hybridized carbons (Fsp3) is 0.500. The van der Waals surface area contributed by atoms with Gasteiger partial charge in [0.05, 0.1) is 11.9 Å². The number of aromatic nitrogens is 2. The number of aliphatic carboxylic acids is 1. The molecular formula is C10H16N4O3. The van der Waals surface area contributed by atoms with Gasteiger partial charge in [0.1, 0.15) is 6.54 Å². The summed E-state index contributed by atoms with van der Waals surface area (Å²) in [6.45, 7) is 0.571. The minimum absolute atomic E-state index is 0.102. The van der Waals surface area contributed by atoms with Crippen LogP contribution < -0.4 is 10.6 Å². The van der Waals surface area contributed by atoms with Gasteiger partial charge in [0.2, 0.25) is 5.91 Å². The molecule has 0 aliphatic heterocycles. The highest BCUT2D eigenvalue weighted by molar-refractivity contribution is 5.90. The van der Waals surface area contributed by atoms with Gasteiger partial charge in [0.15, 0.2) is 0 Å². The molecule has 0 aliphatic rings. The van der Waals surface area contributed by atoms with Gasteiger partial charge in [-0.05, 0) is 20.0 Å². The van der Waals surface area contributed by atoms with Gasteiger partial charge >= 0.3 is 5.97 Å². The van der Waals surface area contributed by atoms with Gasteiger partial charge in [-0.25, -0.2) is 0 Å². The van der Waals surface area contributed by atoms with E-state index >= 15 is 0 Å². The maximum Gasteiger partial charge on any atom is 0.325 e. The molecule has 3 N–H and O–H groups in total. The molecule has 17 heavy (non-hydrogen) atoms.